The summed E-state index contributed by atoms with van der Waals surface area (Å²) in [6.45, 7) is 0. The maximum absolute atomic E-state index is 11.5. The molecule has 1 amide bonds. The lowest BCUT2D eigenvalue weighted by molar-refractivity contribution is 0.100. The number of thioether (sulfide) groups is 1. The van der Waals surface area contributed by atoms with Gasteiger partial charge in [0.15, 0.2) is 5.78 Å². The first-order valence-electron chi connectivity index (χ1n) is 3.86. The lowest BCUT2D eigenvalue weighted by Crippen LogP contribution is -2.09. The van der Waals surface area contributed by atoms with Gasteiger partial charge in [-0.25, -0.2) is 0 Å². The van der Waals surface area contributed by atoms with Gasteiger partial charge in [-0.2, -0.15) is 0 Å². The Balaban J connectivity index is 2.66. The second-order valence-corrected chi connectivity index (χ2v) is 5.36. The van der Waals surface area contributed by atoms with Crippen molar-refractivity contribution in [1.29, 1.82) is 0 Å². The standard InChI is InChI=1S/C8H8N2O2S3/c9-7(12)6-2-1-5(15-6)4(11)3-14-8(10)13/h1-2H,3H2,(H2,9,12)(H2,10,13). The first kappa shape index (κ1) is 12.2. The molecule has 80 valence electrons. The first-order valence-corrected chi connectivity index (χ1v) is 6.07. The van der Waals surface area contributed by atoms with Crippen LogP contribution in [0.5, 0.6) is 0 Å². The molecular weight excluding hydrogens is 252 g/mol. The Kier molecular flexibility index (Phi) is 4.25. The van der Waals surface area contributed by atoms with E-state index in [2.05, 4.69) is 12.2 Å². The molecule has 0 aliphatic carbocycles. The van der Waals surface area contributed by atoms with E-state index in [9.17, 15) is 9.59 Å². The second kappa shape index (κ2) is 5.24. The van der Waals surface area contributed by atoms with Crippen molar-refractivity contribution in [2.24, 2.45) is 11.5 Å². The monoisotopic (exact) mass is 260 g/mol. The minimum atomic E-state index is -0.527. The van der Waals surface area contributed by atoms with Gasteiger partial charge in [0.2, 0.25) is 0 Å². The molecule has 0 unspecified atom stereocenters. The molecule has 0 spiro atoms. The molecule has 0 aliphatic rings. The summed E-state index contributed by atoms with van der Waals surface area (Å²) in [4.78, 5) is 23.2. The summed E-state index contributed by atoms with van der Waals surface area (Å²) in [6.07, 6.45) is 0. The van der Waals surface area contributed by atoms with Crippen molar-refractivity contribution in [3.05, 3.63) is 21.9 Å². The highest BCUT2D eigenvalue weighted by atomic mass is 32.2. The number of amides is 1. The summed E-state index contributed by atoms with van der Waals surface area (Å²) in [5.74, 6) is -0.444. The highest BCUT2D eigenvalue weighted by molar-refractivity contribution is 8.23. The zero-order valence-corrected chi connectivity index (χ0v) is 10.0. The van der Waals surface area contributed by atoms with Crippen LogP contribution in [0, 0.1) is 0 Å². The molecule has 0 saturated carbocycles. The van der Waals surface area contributed by atoms with Gasteiger partial charge in [-0.15, -0.1) is 11.3 Å². The molecule has 4 N–H and O–H groups in total. The smallest absolute Gasteiger partial charge is 0.258 e. The maximum atomic E-state index is 11.5. The van der Waals surface area contributed by atoms with Crippen molar-refractivity contribution in [1.82, 2.24) is 0 Å². The molecule has 0 atom stereocenters. The zero-order chi connectivity index (χ0) is 11.4. The Labute approximate surface area is 100 Å². The van der Waals surface area contributed by atoms with Crippen LogP contribution in [0.25, 0.3) is 0 Å². The minimum Gasteiger partial charge on any atom is -0.385 e. The van der Waals surface area contributed by atoms with E-state index >= 15 is 0 Å². The number of thiocarbonyl (C=S) groups is 1. The average molecular weight is 260 g/mol. The fourth-order valence-corrected chi connectivity index (χ4v) is 2.32. The zero-order valence-electron chi connectivity index (χ0n) is 7.56. The number of primary amides is 1. The quantitative estimate of drug-likeness (QED) is 0.623. The number of carbonyl (C=O) groups excluding carboxylic acids is 2. The number of nitrogens with two attached hydrogens (primary N) is 2. The van der Waals surface area contributed by atoms with E-state index in [-0.39, 0.29) is 15.9 Å². The molecule has 15 heavy (non-hydrogen) atoms. The molecule has 4 nitrogen and oxygen atoms in total. The van der Waals surface area contributed by atoms with E-state index in [1.807, 2.05) is 0 Å². The number of hydrogen-bond acceptors (Lipinski definition) is 5. The number of hydrogen-bond donors (Lipinski definition) is 2. The van der Waals surface area contributed by atoms with Crippen molar-refractivity contribution < 1.29 is 9.59 Å². The van der Waals surface area contributed by atoms with Crippen LogP contribution in [-0.2, 0) is 0 Å². The molecule has 1 heterocycles. The highest BCUT2D eigenvalue weighted by Gasteiger charge is 2.12. The Morgan fingerprint density at radius 3 is 2.40 bits per heavy atom. The molecule has 0 fully saturated rings. The van der Waals surface area contributed by atoms with Crippen LogP contribution in [0.4, 0.5) is 0 Å². The molecule has 1 rings (SSSR count). The van der Waals surface area contributed by atoms with E-state index in [0.29, 0.717) is 9.75 Å². The maximum Gasteiger partial charge on any atom is 0.258 e. The summed E-state index contributed by atoms with van der Waals surface area (Å²) in [5.41, 5.74) is 10.3. The van der Waals surface area contributed by atoms with Crippen LogP contribution in [-0.4, -0.2) is 21.8 Å². The molecule has 0 saturated heterocycles. The van der Waals surface area contributed by atoms with Crippen LogP contribution in [0.15, 0.2) is 12.1 Å². The summed E-state index contributed by atoms with van der Waals surface area (Å²) >= 11 is 6.81. The Bertz CT molecular complexity index is 414. The van der Waals surface area contributed by atoms with E-state index in [0.717, 1.165) is 23.1 Å². The van der Waals surface area contributed by atoms with Crippen molar-refractivity contribution >= 4 is 51.3 Å². The molecule has 0 radical (unpaired) electrons. The van der Waals surface area contributed by atoms with Gasteiger partial charge in [0, 0.05) is 0 Å². The van der Waals surface area contributed by atoms with Crippen LogP contribution in [0.3, 0.4) is 0 Å². The van der Waals surface area contributed by atoms with E-state index in [1.165, 1.54) is 6.07 Å². The Morgan fingerprint density at radius 2 is 1.93 bits per heavy atom. The van der Waals surface area contributed by atoms with Gasteiger partial charge in [-0.05, 0) is 12.1 Å². The van der Waals surface area contributed by atoms with Crippen molar-refractivity contribution in [3.8, 4) is 0 Å². The molecular formula is C8H8N2O2S3. The highest BCUT2D eigenvalue weighted by Crippen LogP contribution is 2.18. The van der Waals surface area contributed by atoms with E-state index in [4.69, 9.17) is 11.5 Å². The van der Waals surface area contributed by atoms with Crippen molar-refractivity contribution in [2.45, 2.75) is 0 Å². The lowest BCUT2D eigenvalue weighted by Gasteiger charge is -1.95. The number of rotatable bonds is 4. The number of carbonyl (C=O) groups is 2. The van der Waals surface area contributed by atoms with E-state index in [1.54, 1.807) is 6.07 Å². The predicted molar refractivity (Wildman–Crippen MR) is 66.4 cm³/mol. The fraction of sp³-hybridized carbons (Fsp3) is 0.125. The summed E-state index contributed by atoms with van der Waals surface area (Å²) in [5, 5.41) is 0. The minimum absolute atomic E-state index is 0.106. The molecule has 7 heteroatoms. The van der Waals surface area contributed by atoms with Crippen LogP contribution < -0.4 is 11.5 Å². The van der Waals surface area contributed by atoms with Crippen LogP contribution in [0.1, 0.15) is 19.3 Å². The molecule has 0 aliphatic heterocycles. The Morgan fingerprint density at radius 1 is 1.33 bits per heavy atom. The first-order chi connectivity index (χ1) is 7.00. The SMILES string of the molecule is NC(=O)c1ccc(C(=O)CSC(N)=S)s1. The third kappa shape index (κ3) is 3.61. The van der Waals surface area contributed by atoms with Gasteiger partial charge in [0.05, 0.1) is 15.5 Å². The van der Waals surface area contributed by atoms with Gasteiger partial charge >= 0.3 is 0 Å². The molecule has 1 aromatic rings. The van der Waals surface area contributed by atoms with Gasteiger partial charge in [-0.3, -0.25) is 9.59 Å². The third-order valence-electron chi connectivity index (χ3n) is 1.47. The average Bonchev–Trinajstić information content (AvgIpc) is 2.62. The number of thiophene rings is 1. The van der Waals surface area contributed by atoms with E-state index < -0.39 is 5.91 Å². The Hall–Kier alpha value is -0.920. The third-order valence-corrected chi connectivity index (χ3v) is 3.65. The van der Waals surface area contributed by atoms with Gasteiger partial charge in [-0.1, -0.05) is 24.0 Å². The van der Waals surface area contributed by atoms with Crippen molar-refractivity contribution in [2.75, 3.05) is 5.75 Å². The number of Topliss-reactive ketones (excluding diaryl/α,β-unsaturated/α-hetero) is 1. The largest absolute Gasteiger partial charge is 0.385 e. The number of ketones is 1. The predicted octanol–water partition coefficient (Wildman–Crippen LogP) is 1.01. The summed E-state index contributed by atoms with van der Waals surface area (Å²) in [7, 11) is 0. The summed E-state index contributed by atoms with van der Waals surface area (Å²) in [6, 6.07) is 3.11. The fourth-order valence-electron chi connectivity index (χ4n) is 0.828. The molecule has 0 bridgehead atoms. The molecule has 1 aromatic heterocycles. The van der Waals surface area contributed by atoms with Crippen LogP contribution in [0.2, 0.25) is 0 Å². The van der Waals surface area contributed by atoms with Crippen molar-refractivity contribution in [3.63, 3.8) is 0 Å². The summed E-state index contributed by atoms with van der Waals surface area (Å²) < 4.78 is 0.232. The second-order valence-electron chi connectivity index (χ2n) is 2.56. The van der Waals surface area contributed by atoms with Gasteiger partial charge < -0.3 is 11.5 Å². The van der Waals surface area contributed by atoms with Crippen LogP contribution >= 0.6 is 35.3 Å². The normalized spacial score (nSPS) is 9.87. The lowest BCUT2D eigenvalue weighted by atomic mass is 10.3. The van der Waals surface area contributed by atoms with Gasteiger partial charge in [0.25, 0.3) is 5.91 Å². The topological polar surface area (TPSA) is 86.2 Å². The van der Waals surface area contributed by atoms with Gasteiger partial charge in [0.1, 0.15) is 4.32 Å². The molecule has 0 aromatic carbocycles.